The van der Waals surface area contributed by atoms with Gasteiger partial charge in [-0.2, -0.15) is 0 Å². The van der Waals surface area contributed by atoms with Crippen molar-refractivity contribution >= 4 is 34.8 Å². The number of ether oxygens (including phenoxy) is 1. The van der Waals surface area contributed by atoms with Crippen LogP contribution in [-0.4, -0.2) is 24.5 Å². The molecule has 0 saturated heterocycles. The summed E-state index contributed by atoms with van der Waals surface area (Å²) in [6.45, 7) is 4.95. The first kappa shape index (κ1) is 19.7. The minimum atomic E-state index is -0.591. The molecule has 0 fully saturated rings. The van der Waals surface area contributed by atoms with Gasteiger partial charge in [-0.05, 0) is 56.3 Å². The Hall–Kier alpha value is -2.60. The van der Waals surface area contributed by atoms with E-state index >= 15 is 0 Å². The molecule has 0 aliphatic carbocycles. The molecule has 0 saturated carbocycles. The van der Waals surface area contributed by atoms with Gasteiger partial charge in [0.15, 0.2) is 0 Å². The Morgan fingerprint density at radius 3 is 2.38 bits per heavy atom. The Morgan fingerprint density at radius 1 is 1.19 bits per heavy atom. The van der Waals surface area contributed by atoms with Crippen LogP contribution in [0.2, 0.25) is 5.02 Å². The molecule has 0 heterocycles. The number of anilines is 2. The van der Waals surface area contributed by atoms with Crippen molar-refractivity contribution in [2.45, 2.75) is 26.9 Å². The van der Waals surface area contributed by atoms with E-state index in [0.717, 1.165) is 6.07 Å². The molecule has 0 spiro atoms. The van der Waals surface area contributed by atoms with Gasteiger partial charge >= 0.3 is 0 Å². The van der Waals surface area contributed by atoms with Crippen molar-refractivity contribution in [3.63, 3.8) is 0 Å². The highest BCUT2D eigenvalue weighted by Crippen LogP contribution is 2.23. The maximum atomic E-state index is 13.3. The van der Waals surface area contributed by atoms with Gasteiger partial charge in [-0.1, -0.05) is 11.6 Å². The van der Waals surface area contributed by atoms with Crippen LogP contribution in [0.5, 0.6) is 5.75 Å². The molecule has 0 atom stereocenters. The van der Waals surface area contributed by atoms with Crippen LogP contribution >= 0.6 is 11.6 Å². The number of carbonyl (C=O) groups excluding carboxylic acids is 2. The molecule has 0 aliphatic heterocycles. The van der Waals surface area contributed by atoms with Gasteiger partial charge in [0.25, 0.3) is 0 Å². The van der Waals surface area contributed by atoms with Gasteiger partial charge in [0.2, 0.25) is 11.8 Å². The second kappa shape index (κ2) is 8.67. The third-order valence-electron chi connectivity index (χ3n) is 3.41. The van der Waals surface area contributed by atoms with E-state index < -0.39 is 11.7 Å². The first-order valence-electron chi connectivity index (χ1n) is 8.06. The minimum absolute atomic E-state index is 0.0575. The van der Waals surface area contributed by atoms with Crippen LogP contribution in [0.1, 0.15) is 20.8 Å². The lowest BCUT2D eigenvalue weighted by Gasteiger charge is -2.21. The van der Waals surface area contributed by atoms with E-state index in [1.165, 1.54) is 24.0 Å². The zero-order valence-corrected chi connectivity index (χ0v) is 15.5. The van der Waals surface area contributed by atoms with Crippen molar-refractivity contribution in [1.82, 2.24) is 0 Å². The topological polar surface area (TPSA) is 58.6 Å². The molecule has 2 rings (SSSR count). The van der Waals surface area contributed by atoms with E-state index in [1.807, 2.05) is 13.8 Å². The molecule has 5 nitrogen and oxygen atoms in total. The summed E-state index contributed by atoms with van der Waals surface area (Å²) in [4.78, 5) is 25.4. The quantitative estimate of drug-likeness (QED) is 0.817. The summed E-state index contributed by atoms with van der Waals surface area (Å²) in [6.07, 6.45) is 0.0575. The van der Waals surface area contributed by atoms with E-state index in [1.54, 1.807) is 24.3 Å². The summed E-state index contributed by atoms with van der Waals surface area (Å²) < 4.78 is 18.8. The predicted molar refractivity (Wildman–Crippen MR) is 100 cm³/mol. The average molecular weight is 379 g/mol. The molecule has 0 aromatic heterocycles. The minimum Gasteiger partial charge on any atom is -0.491 e. The number of carbonyl (C=O) groups is 2. The van der Waals surface area contributed by atoms with Crippen molar-refractivity contribution < 1.29 is 18.7 Å². The molecule has 0 bridgehead atoms. The van der Waals surface area contributed by atoms with Crippen LogP contribution in [0.15, 0.2) is 42.5 Å². The second-order valence-corrected chi connectivity index (χ2v) is 6.35. The molecular weight excluding hydrogens is 359 g/mol. The molecule has 2 amide bonds. The SMILES string of the molecule is CC(=O)N(CC(=O)Nc1ccc(OC(C)C)cc1)c1ccc(F)c(Cl)c1. The van der Waals surface area contributed by atoms with Crippen molar-refractivity contribution in [3.05, 3.63) is 53.3 Å². The maximum absolute atomic E-state index is 13.3. The number of amides is 2. The molecule has 0 aliphatic rings. The Morgan fingerprint density at radius 2 is 1.85 bits per heavy atom. The van der Waals surface area contributed by atoms with E-state index in [0.29, 0.717) is 17.1 Å². The number of halogens is 2. The fourth-order valence-electron chi connectivity index (χ4n) is 2.27. The zero-order chi connectivity index (χ0) is 19.3. The van der Waals surface area contributed by atoms with Crippen LogP contribution in [0.3, 0.4) is 0 Å². The molecule has 7 heteroatoms. The van der Waals surface area contributed by atoms with Crippen molar-refractivity contribution in [2.24, 2.45) is 0 Å². The summed E-state index contributed by atoms with van der Waals surface area (Å²) in [5, 5.41) is 2.59. The van der Waals surface area contributed by atoms with Crippen molar-refractivity contribution in [2.75, 3.05) is 16.8 Å². The number of hydrogen-bond acceptors (Lipinski definition) is 3. The molecule has 2 aromatic rings. The average Bonchev–Trinajstić information content (AvgIpc) is 2.56. The lowest BCUT2D eigenvalue weighted by Crippen LogP contribution is -2.36. The predicted octanol–water partition coefficient (Wildman–Crippen LogP) is 4.26. The number of rotatable bonds is 6. The molecule has 2 aromatic carbocycles. The van der Waals surface area contributed by atoms with Gasteiger partial charge in [0, 0.05) is 18.3 Å². The standard InChI is InChI=1S/C19H20ClFN2O3/c1-12(2)26-16-7-4-14(5-8-16)22-19(25)11-23(13(3)24)15-6-9-18(21)17(20)10-15/h4-10,12H,11H2,1-3H3,(H,22,25). The largest absolute Gasteiger partial charge is 0.491 e. The highest BCUT2D eigenvalue weighted by Gasteiger charge is 2.17. The van der Waals surface area contributed by atoms with Crippen LogP contribution in [0.25, 0.3) is 0 Å². The molecule has 0 unspecified atom stereocenters. The molecular formula is C19H20ClFN2O3. The van der Waals surface area contributed by atoms with Crippen LogP contribution in [-0.2, 0) is 9.59 Å². The molecule has 138 valence electrons. The fourth-order valence-corrected chi connectivity index (χ4v) is 2.45. The number of hydrogen-bond donors (Lipinski definition) is 1. The van der Waals surface area contributed by atoms with Gasteiger partial charge in [0.05, 0.1) is 11.1 Å². The Kier molecular flexibility index (Phi) is 6.58. The third kappa shape index (κ3) is 5.46. The maximum Gasteiger partial charge on any atom is 0.244 e. The summed E-state index contributed by atoms with van der Waals surface area (Å²) in [6, 6.07) is 10.8. The van der Waals surface area contributed by atoms with Crippen LogP contribution in [0.4, 0.5) is 15.8 Å². The number of nitrogens with zero attached hydrogens (tertiary/aromatic N) is 1. The Labute approximate surface area is 156 Å². The first-order chi connectivity index (χ1) is 12.3. The molecule has 26 heavy (non-hydrogen) atoms. The number of benzene rings is 2. The van der Waals surface area contributed by atoms with Gasteiger partial charge in [-0.15, -0.1) is 0 Å². The summed E-state index contributed by atoms with van der Waals surface area (Å²) in [5.74, 6) is -0.641. The van der Waals surface area contributed by atoms with E-state index in [9.17, 15) is 14.0 Å². The van der Waals surface area contributed by atoms with E-state index in [4.69, 9.17) is 16.3 Å². The van der Waals surface area contributed by atoms with Gasteiger partial charge in [0.1, 0.15) is 18.1 Å². The normalized spacial score (nSPS) is 10.5. The van der Waals surface area contributed by atoms with Crippen LogP contribution in [0, 0.1) is 5.82 Å². The highest BCUT2D eigenvalue weighted by atomic mass is 35.5. The van der Waals surface area contributed by atoms with Gasteiger partial charge < -0.3 is 15.0 Å². The van der Waals surface area contributed by atoms with Crippen molar-refractivity contribution in [3.8, 4) is 5.75 Å². The summed E-state index contributed by atoms with van der Waals surface area (Å²) in [7, 11) is 0. The molecule has 1 N–H and O–H groups in total. The monoisotopic (exact) mass is 378 g/mol. The first-order valence-corrected chi connectivity index (χ1v) is 8.44. The molecule has 0 radical (unpaired) electrons. The van der Waals surface area contributed by atoms with E-state index in [-0.39, 0.29) is 23.6 Å². The Balaban J connectivity index is 2.05. The Bertz CT molecular complexity index is 794. The highest BCUT2D eigenvalue weighted by molar-refractivity contribution is 6.31. The number of nitrogens with one attached hydrogen (secondary N) is 1. The lowest BCUT2D eigenvalue weighted by atomic mass is 10.2. The zero-order valence-electron chi connectivity index (χ0n) is 14.8. The van der Waals surface area contributed by atoms with E-state index in [2.05, 4.69) is 5.32 Å². The van der Waals surface area contributed by atoms with Gasteiger partial charge in [-0.3, -0.25) is 9.59 Å². The summed E-state index contributed by atoms with van der Waals surface area (Å²) in [5.41, 5.74) is 0.923. The van der Waals surface area contributed by atoms with Crippen molar-refractivity contribution in [1.29, 1.82) is 0 Å². The van der Waals surface area contributed by atoms with Gasteiger partial charge in [-0.25, -0.2) is 4.39 Å². The van der Waals surface area contributed by atoms with Crippen LogP contribution < -0.4 is 15.0 Å². The fraction of sp³-hybridized carbons (Fsp3) is 0.263. The smallest absolute Gasteiger partial charge is 0.244 e. The second-order valence-electron chi connectivity index (χ2n) is 5.94. The third-order valence-corrected chi connectivity index (χ3v) is 3.70. The lowest BCUT2D eigenvalue weighted by molar-refractivity contribution is -0.120. The summed E-state index contributed by atoms with van der Waals surface area (Å²) >= 11 is 5.75.